The van der Waals surface area contributed by atoms with Gasteiger partial charge in [0.1, 0.15) is 5.60 Å². The second kappa shape index (κ2) is 8.76. The van der Waals surface area contributed by atoms with Gasteiger partial charge in [-0.2, -0.15) is 0 Å². The van der Waals surface area contributed by atoms with E-state index in [9.17, 15) is 4.79 Å². The summed E-state index contributed by atoms with van der Waals surface area (Å²) in [7, 11) is 1.71. The molecular formula is C17H25Cl2NO3. The van der Waals surface area contributed by atoms with Crippen molar-refractivity contribution < 1.29 is 14.6 Å². The fraction of sp³-hybridized carbons (Fsp3) is 0.588. The average Bonchev–Trinajstić information content (AvgIpc) is 2.44. The minimum absolute atomic E-state index is 0.0504. The van der Waals surface area contributed by atoms with E-state index in [1.807, 2.05) is 32.9 Å². The Morgan fingerprint density at radius 2 is 1.96 bits per heavy atom. The summed E-state index contributed by atoms with van der Waals surface area (Å²) in [4.78, 5) is 13.7. The molecule has 0 radical (unpaired) electrons. The third-order valence-electron chi connectivity index (χ3n) is 3.33. The number of hydrogen-bond donors (Lipinski definition) is 1. The summed E-state index contributed by atoms with van der Waals surface area (Å²) in [6.45, 7) is 6.09. The van der Waals surface area contributed by atoms with Gasteiger partial charge in [0.2, 0.25) is 0 Å². The Hall–Kier alpha value is -0.970. The molecule has 0 aliphatic rings. The molecule has 1 rings (SSSR count). The Morgan fingerprint density at radius 1 is 1.30 bits per heavy atom. The molecule has 1 atom stereocenters. The Kier molecular flexibility index (Phi) is 7.65. The quantitative estimate of drug-likeness (QED) is 0.797. The summed E-state index contributed by atoms with van der Waals surface area (Å²) in [6, 6.07) is 5.46. The Morgan fingerprint density at radius 3 is 2.48 bits per heavy atom. The van der Waals surface area contributed by atoms with Crippen LogP contribution in [0.3, 0.4) is 0 Å². The van der Waals surface area contributed by atoms with Crippen molar-refractivity contribution in [2.45, 2.75) is 45.1 Å². The van der Waals surface area contributed by atoms with Crippen LogP contribution < -0.4 is 0 Å². The lowest BCUT2D eigenvalue weighted by atomic mass is 9.94. The minimum Gasteiger partial charge on any atom is -0.444 e. The SMILES string of the molecule is CN(CC(CCCO)c1ccc(Cl)c(Cl)c1)C(=O)OC(C)(C)C. The van der Waals surface area contributed by atoms with Gasteiger partial charge in [0, 0.05) is 26.1 Å². The predicted molar refractivity (Wildman–Crippen MR) is 94.4 cm³/mol. The van der Waals surface area contributed by atoms with E-state index < -0.39 is 5.60 Å². The lowest BCUT2D eigenvalue weighted by Gasteiger charge is -2.28. The van der Waals surface area contributed by atoms with Crippen LogP contribution in [0.15, 0.2) is 18.2 Å². The molecule has 0 fully saturated rings. The lowest BCUT2D eigenvalue weighted by molar-refractivity contribution is 0.0286. The number of amides is 1. The number of aliphatic hydroxyl groups excluding tert-OH is 1. The number of carbonyl (C=O) groups excluding carboxylic acids is 1. The van der Waals surface area contributed by atoms with Crippen LogP contribution >= 0.6 is 23.2 Å². The van der Waals surface area contributed by atoms with Crippen LogP contribution in [0.25, 0.3) is 0 Å². The highest BCUT2D eigenvalue weighted by atomic mass is 35.5. The second-order valence-electron chi connectivity index (χ2n) is 6.60. The number of nitrogens with zero attached hydrogens (tertiary/aromatic N) is 1. The molecule has 130 valence electrons. The number of rotatable bonds is 6. The van der Waals surface area contributed by atoms with Crippen molar-refractivity contribution in [3.8, 4) is 0 Å². The van der Waals surface area contributed by atoms with Crippen molar-refractivity contribution in [1.29, 1.82) is 0 Å². The molecule has 1 N–H and O–H groups in total. The van der Waals surface area contributed by atoms with E-state index >= 15 is 0 Å². The molecule has 0 spiro atoms. The number of likely N-dealkylation sites (N-methyl/N-ethyl adjacent to an activating group) is 1. The van der Waals surface area contributed by atoms with Gasteiger partial charge in [0.15, 0.2) is 0 Å². The van der Waals surface area contributed by atoms with Gasteiger partial charge in [-0.3, -0.25) is 0 Å². The summed E-state index contributed by atoms with van der Waals surface area (Å²) in [5.74, 6) is 0.0504. The number of aliphatic hydroxyl groups is 1. The molecule has 1 unspecified atom stereocenters. The third kappa shape index (κ3) is 6.98. The number of benzene rings is 1. The molecular weight excluding hydrogens is 337 g/mol. The molecule has 1 amide bonds. The lowest BCUT2D eigenvalue weighted by Crippen LogP contribution is -2.36. The van der Waals surface area contributed by atoms with Crippen molar-refractivity contribution in [1.82, 2.24) is 4.90 Å². The van der Waals surface area contributed by atoms with Gasteiger partial charge in [0.05, 0.1) is 10.0 Å². The van der Waals surface area contributed by atoms with Crippen LogP contribution in [-0.4, -0.2) is 41.9 Å². The van der Waals surface area contributed by atoms with Crippen molar-refractivity contribution in [2.24, 2.45) is 0 Å². The van der Waals surface area contributed by atoms with E-state index in [1.54, 1.807) is 18.0 Å². The molecule has 0 saturated heterocycles. The van der Waals surface area contributed by atoms with Crippen LogP contribution in [0.1, 0.15) is 45.1 Å². The van der Waals surface area contributed by atoms with E-state index in [1.165, 1.54) is 0 Å². The van der Waals surface area contributed by atoms with Gasteiger partial charge < -0.3 is 14.7 Å². The number of hydrogen-bond acceptors (Lipinski definition) is 3. The normalized spacial score (nSPS) is 12.8. The maximum Gasteiger partial charge on any atom is 0.410 e. The first-order chi connectivity index (χ1) is 10.6. The summed E-state index contributed by atoms with van der Waals surface area (Å²) in [6.07, 6.45) is 1.01. The smallest absolute Gasteiger partial charge is 0.410 e. The molecule has 4 nitrogen and oxygen atoms in total. The standard InChI is InChI=1S/C17H25Cl2NO3/c1-17(2,3)23-16(22)20(4)11-13(6-5-9-21)12-7-8-14(18)15(19)10-12/h7-8,10,13,21H,5-6,9,11H2,1-4H3. The molecule has 1 aromatic carbocycles. The largest absolute Gasteiger partial charge is 0.444 e. The zero-order valence-corrected chi connectivity index (χ0v) is 15.6. The summed E-state index contributed by atoms with van der Waals surface area (Å²) >= 11 is 12.1. The number of halogens is 2. The van der Waals surface area contributed by atoms with E-state index in [0.717, 1.165) is 12.0 Å². The second-order valence-corrected chi connectivity index (χ2v) is 7.41. The van der Waals surface area contributed by atoms with Gasteiger partial charge >= 0.3 is 6.09 Å². The zero-order valence-electron chi connectivity index (χ0n) is 14.1. The highest BCUT2D eigenvalue weighted by Gasteiger charge is 2.23. The van der Waals surface area contributed by atoms with E-state index in [-0.39, 0.29) is 18.6 Å². The molecule has 23 heavy (non-hydrogen) atoms. The van der Waals surface area contributed by atoms with Crippen molar-refractivity contribution in [3.05, 3.63) is 33.8 Å². The summed E-state index contributed by atoms with van der Waals surface area (Å²) in [5, 5.41) is 10.1. The number of ether oxygens (including phenoxy) is 1. The van der Waals surface area contributed by atoms with E-state index in [4.69, 9.17) is 33.0 Å². The zero-order chi connectivity index (χ0) is 17.6. The topological polar surface area (TPSA) is 49.8 Å². The maximum atomic E-state index is 12.1. The molecule has 0 aromatic heterocycles. The van der Waals surface area contributed by atoms with Crippen LogP contribution in [-0.2, 0) is 4.74 Å². The van der Waals surface area contributed by atoms with Crippen LogP contribution in [0.4, 0.5) is 4.79 Å². The average molecular weight is 362 g/mol. The summed E-state index contributed by atoms with van der Waals surface area (Å²) < 4.78 is 5.37. The van der Waals surface area contributed by atoms with Gasteiger partial charge in [-0.25, -0.2) is 4.79 Å². The van der Waals surface area contributed by atoms with Crippen molar-refractivity contribution in [3.63, 3.8) is 0 Å². The van der Waals surface area contributed by atoms with Crippen molar-refractivity contribution in [2.75, 3.05) is 20.2 Å². The molecule has 1 aromatic rings. The van der Waals surface area contributed by atoms with Gasteiger partial charge in [-0.05, 0) is 51.3 Å². The fourth-order valence-electron chi connectivity index (χ4n) is 2.21. The molecule has 0 aliphatic heterocycles. The molecule has 0 saturated carbocycles. The van der Waals surface area contributed by atoms with Crippen LogP contribution in [0, 0.1) is 0 Å². The molecule has 0 heterocycles. The Labute approximate surface area is 148 Å². The highest BCUT2D eigenvalue weighted by Crippen LogP contribution is 2.29. The van der Waals surface area contributed by atoms with Crippen LogP contribution in [0.5, 0.6) is 0 Å². The first-order valence-corrected chi connectivity index (χ1v) is 8.39. The third-order valence-corrected chi connectivity index (χ3v) is 4.06. The molecule has 0 aliphatic carbocycles. The van der Waals surface area contributed by atoms with Gasteiger partial charge in [0.25, 0.3) is 0 Å². The Bertz CT molecular complexity index is 529. The first kappa shape index (κ1) is 20.1. The van der Waals surface area contributed by atoms with Crippen molar-refractivity contribution >= 4 is 29.3 Å². The minimum atomic E-state index is -0.532. The van der Waals surface area contributed by atoms with Gasteiger partial charge in [-0.15, -0.1) is 0 Å². The Balaban J connectivity index is 2.85. The predicted octanol–water partition coefficient (Wildman–Crippen LogP) is 4.72. The molecule has 0 bridgehead atoms. The van der Waals surface area contributed by atoms with Gasteiger partial charge in [-0.1, -0.05) is 29.3 Å². The fourth-order valence-corrected chi connectivity index (χ4v) is 2.52. The first-order valence-electron chi connectivity index (χ1n) is 7.64. The van der Waals surface area contributed by atoms with E-state index in [2.05, 4.69) is 0 Å². The summed E-state index contributed by atoms with van der Waals surface area (Å²) in [5.41, 5.74) is 0.457. The monoisotopic (exact) mass is 361 g/mol. The molecule has 6 heteroatoms. The highest BCUT2D eigenvalue weighted by molar-refractivity contribution is 6.42. The maximum absolute atomic E-state index is 12.1. The van der Waals surface area contributed by atoms with E-state index in [0.29, 0.717) is 23.0 Å². The van der Waals surface area contributed by atoms with Crippen LogP contribution in [0.2, 0.25) is 10.0 Å². The number of carbonyl (C=O) groups is 1.